The summed E-state index contributed by atoms with van der Waals surface area (Å²) in [4.78, 5) is 0. The quantitative estimate of drug-likeness (QED) is 0.525. The normalized spacial score (nSPS) is 10.9. The fraction of sp³-hybridized carbons (Fsp3) is 0.333. The van der Waals surface area contributed by atoms with E-state index in [1.165, 1.54) is 13.2 Å². The first-order valence-corrected chi connectivity index (χ1v) is 3.42. The van der Waals surface area contributed by atoms with Crippen LogP contribution >= 0.6 is 15.9 Å². The van der Waals surface area contributed by atoms with Crippen LogP contribution in [0.4, 0.5) is 0 Å². The summed E-state index contributed by atoms with van der Waals surface area (Å²) < 4.78 is 4.83. The van der Waals surface area contributed by atoms with Gasteiger partial charge in [-0.05, 0) is 28.4 Å². The molecule has 0 amide bonds. The highest BCUT2D eigenvalue weighted by molar-refractivity contribution is 9.18. The largest absolute Gasteiger partial charge is 0.481 e. The van der Waals surface area contributed by atoms with Crippen molar-refractivity contribution in [3.05, 3.63) is 11.6 Å². The highest BCUT2D eigenvalue weighted by Gasteiger charge is 1.95. The number of halogens is 1. The van der Waals surface area contributed by atoms with Crippen molar-refractivity contribution in [2.45, 2.75) is 6.92 Å². The maximum absolute atomic E-state index is 7.06. The molecule has 0 heterocycles. The molecular formula is C6H9BrN2O. The Hall–Kier alpha value is -0.640. The number of allylic oxidation sites excluding steroid dienone is 1. The van der Waals surface area contributed by atoms with Crippen LogP contribution in [-0.2, 0) is 4.74 Å². The topological polar surface area (TPSA) is 56.9 Å². The van der Waals surface area contributed by atoms with Crippen LogP contribution in [0.1, 0.15) is 6.92 Å². The zero-order valence-corrected chi connectivity index (χ0v) is 7.45. The van der Waals surface area contributed by atoms with Crippen LogP contribution in [0.5, 0.6) is 0 Å². The van der Waals surface area contributed by atoms with E-state index in [0.29, 0.717) is 5.57 Å². The Morgan fingerprint density at radius 2 is 2.00 bits per heavy atom. The Morgan fingerprint density at radius 3 is 2.30 bits per heavy atom. The third kappa shape index (κ3) is 3.40. The smallest absolute Gasteiger partial charge is 0.205 e. The van der Waals surface area contributed by atoms with E-state index in [9.17, 15) is 0 Å². The van der Waals surface area contributed by atoms with E-state index in [0.717, 1.165) is 0 Å². The van der Waals surface area contributed by atoms with Crippen molar-refractivity contribution in [2.75, 3.05) is 7.11 Å². The molecule has 0 aromatic rings. The standard InChI is InChI=1S/C6H9BrN2O/c1-4(6(7)9)3-5(8)10-2/h3,8-9H,1-2H3/b4-3-,8-5?,9-6?. The second-order valence-electron chi connectivity index (χ2n) is 1.71. The van der Waals surface area contributed by atoms with E-state index >= 15 is 0 Å². The Morgan fingerprint density at radius 1 is 1.50 bits per heavy atom. The van der Waals surface area contributed by atoms with Crippen molar-refractivity contribution in [3.8, 4) is 0 Å². The lowest BCUT2D eigenvalue weighted by atomic mass is 10.3. The summed E-state index contributed by atoms with van der Waals surface area (Å²) in [5, 5.41) is 14.1. The Balaban J connectivity index is 4.16. The molecule has 0 spiro atoms. The van der Waals surface area contributed by atoms with E-state index in [-0.39, 0.29) is 10.5 Å². The van der Waals surface area contributed by atoms with Crippen molar-refractivity contribution < 1.29 is 4.74 Å². The van der Waals surface area contributed by atoms with Gasteiger partial charge >= 0.3 is 0 Å². The molecule has 56 valence electrons. The van der Waals surface area contributed by atoms with Gasteiger partial charge in [0.05, 0.1) is 11.7 Å². The molecule has 0 rings (SSSR count). The highest BCUT2D eigenvalue weighted by atomic mass is 79.9. The summed E-state index contributed by atoms with van der Waals surface area (Å²) in [6, 6.07) is 0. The predicted molar refractivity (Wildman–Crippen MR) is 45.1 cm³/mol. The minimum atomic E-state index is 0.0571. The molecule has 0 aromatic heterocycles. The second kappa shape index (κ2) is 4.22. The van der Waals surface area contributed by atoms with Crippen LogP contribution in [0.25, 0.3) is 0 Å². The Kier molecular flexibility index (Phi) is 3.95. The fourth-order valence-corrected chi connectivity index (χ4v) is 0.433. The summed E-state index contributed by atoms with van der Waals surface area (Å²) in [5.41, 5.74) is 0.673. The molecule has 0 aliphatic carbocycles. The van der Waals surface area contributed by atoms with Crippen molar-refractivity contribution >= 4 is 26.4 Å². The van der Waals surface area contributed by atoms with Gasteiger partial charge in [0, 0.05) is 6.08 Å². The lowest BCUT2D eigenvalue weighted by molar-refractivity contribution is 0.403. The molecule has 0 atom stereocenters. The molecule has 10 heavy (non-hydrogen) atoms. The monoisotopic (exact) mass is 204 g/mol. The molecule has 0 saturated carbocycles. The molecule has 0 unspecified atom stereocenters. The zero-order chi connectivity index (χ0) is 8.15. The lowest BCUT2D eigenvalue weighted by Crippen LogP contribution is -1.97. The van der Waals surface area contributed by atoms with Crippen LogP contribution in [0.3, 0.4) is 0 Å². The molecule has 0 saturated heterocycles. The van der Waals surface area contributed by atoms with Crippen molar-refractivity contribution in [3.63, 3.8) is 0 Å². The number of ether oxygens (including phenoxy) is 1. The molecule has 0 aliphatic rings. The lowest BCUT2D eigenvalue weighted by Gasteiger charge is -1.96. The third-order valence-electron chi connectivity index (χ3n) is 0.914. The molecule has 0 fully saturated rings. The summed E-state index contributed by atoms with van der Waals surface area (Å²) in [6.07, 6.45) is 1.47. The Bertz CT molecular complexity index is 186. The van der Waals surface area contributed by atoms with Crippen LogP contribution < -0.4 is 0 Å². The van der Waals surface area contributed by atoms with Gasteiger partial charge in [-0.15, -0.1) is 0 Å². The molecule has 0 radical (unpaired) electrons. The number of hydrogen-bond donors (Lipinski definition) is 2. The maximum Gasteiger partial charge on any atom is 0.205 e. The van der Waals surface area contributed by atoms with Gasteiger partial charge in [0.2, 0.25) is 5.90 Å². The summed E-state index contributed by atoms with van der Waals surface area (Å²) >= 11 is 2.96. The van der Waals surface area contributed by atoms with Crippen LogP contribution in [0.15, 0.2) is 11.6 Å². The zero-order valence-electron chi connectivity index (χ0n) is 5.86. The first kappa shape index (κ1) is 9.36. The molecule has 0 bridgehead atoms. The molecular weight excluding hydrogens is 196 g/mol. The van der Waals surface area contributed by atoms with Gasteiger partial charge in [-0.25, -0.2) is 0 Å². The molecule has 0 aromatic carbocycles. The number of nitrogens with one attached hydrogen (secondary N) is 2. The summed E-state index contributed by atoms with van der Waals surface area (Å²) in [7, 11) is 1.42. The number of hydrogen-bond acceptors (Lipinski definition) is 3. The first-order valence-electron chi connectivity index (χ1n) is 2.63. The Labute approximate surface area is 68.2 Å². The van der Waals surface area contributed by atoms with E-state index in [1.54, 1.807) is 6.92 Å². The van der Waals surface area contributed by atoms with E-state index in [4.69, 9.17) is 10.8 Å². The van der Waals surface area contributed by atoms with Gasteiger partial charge in [0.25, 0.3) is 0 Å². The first-order chi connectivity index (χ1) is 4.57. The van der Waals surface area contributed by atoms with Crippen molar-refractivity contribution in [1.82, 2.24) is 0 Å². The summed E-state index contributed by atoms with van der Waals surface area (Å²) in [5.74, 6) is 0.0571. The van der Waals surface area contributed by atoms with Gasteiger partial charge in [-0.3, -0.25) is 10.8 Å². The molecule has 2 N–H and O–H groups in total. The van der Waals surface area contributed by atoms with Gasteiger partial charge < -0.3 is 4.74 Å². The third-order valence-corrected chi connectivity index (χ3v) is 1.54. The van der Waals surface area contributed by atoms with Gasteiger partial charge in [-0.1, -0.05) is 0 Å². The second-order valence-corrected chi connectivity index (χ2v) is 2.50. The fourth-order valence-electron chi connectivity index (χ4n) is 0.319. The SMILES string of the molecule is COC(=N)/C=C(/C)C(=N)Br. The van der Waals surface area contributed by atoms with Gasteiger partial charge in [0.15, 0.2) is 0 Å². The molecule has 3 nitrogen and oxygen atoms in total. The van der Waals surface area contributed by atoms with Crippen LogP contribution in [0, 0.1) is 10.8 Å². The highest BCUT2D eigenvalue weighted by Crippen LogP contribution is 2.01. The van der Waals surface area contributed by atoms with Gasteiger partial charge in [0.1, 0.15) is 0 Å². The minimum absolute atomic E-state index is 0.0571. The average Bonchev–Trinajstić information content (AvgIpc) is 1.87. The van der Waals surface area contributed by atoms with Crippen molar-refractivity contribution in [1.29, 1.82) is 10.8 Å². The number of rotatable bonds is 2. The van der Waals surface area contributed by atoms with E-state index < -0.39 is 0 Å². The summed E-state index contributed by atoms with van der Waals surface area (Å²) in [6.45, 7) is 1.73. The predicted octanol–water partition coefficient (Wildman–Crippen LogP) is 1.93. The van der Waals surface area contributed by atoms with Crippen LogP contribution in [0.2, 0.25) is 0 Å². The minimum Gasteiger partial charge on any atom is -0.481 e. The number of methoxy groups -OCH3 is 1. The van der Waals surface area contributed by atoms with Crippen LogP contribution in [-0.4, -0.2) is 17.6 Å². The maximum atomic E-state index is 7.06. The average molecular weight is 205 g/mol. The van der Waals surface area contributed by atoms with E-state index in [2.05, 4.69) is 20.7 Å². The van der Waals surface area contributed by atoms with Gasteiger partial charge in [-0.2, -0.15) is 0 Å². The van der Waals surface area contributed by atoms with Crippen molar-refractivity contribution in [2.24, 2.45) is 0 Å². The van der Waals surface area contributed by atoms with E-state index in [1.807, 2.05) is 0 Å². The molecule has 0 aliphatic heterocycles. The molecule has 4 heteroatoms.